The number of benzene rings is 1. The quantitative estimate of drug-likeness (QED) is 0.699. The fourth-order valence-electron chi connectivity index (χ4n) is 2.26. The molecule has 1 aliphatic heterocycles. The summed E-state index contributed by atoms with van der Waals surface area (Å²) in [7, 11) is 0. The van der Waals surface area contributed by atoms with E-state index in [1.54, 1.807) is 6.07 Å². The molecule has 19 heavy (non-hydrogen) atoms. The Morgan fingerprint density at radius 1 is 1.37 bits per heavy atom. The zero-order chi connectivity index (χ0) is 13.8. The summed E-state index contributed by atoms with van der Waals surface area (Å²) < 4.78 is 0. The topological polar surface area (TPSA) is 72.8 Å². The number of likely N-dealkylation sites (tertiary alicyclic amines) is 1. The molecule has 1 aromatic rings. The van der Waals surface area contributed by atoms with Crippen molar-refractivity contribution in [1.82, 2.24) is 10.2 Å². The van der Waals surface area contributed by atoms with E-state index < -0.39 is 0 Å². The van der Waals surface area contributed by atoms with Crippen LogP contribution >= 0.6 is 0 Å². The van der Waals surface area contributed by atoms with E-state index in [9.17, 15) is 15.0 Å². The average molecular weight is 264 g/mol. The van der Waals surface area contributed by atoms with E-state index in [1.165, 1.54) is 12.1 Å². The van der Waals surface area contributed by atoms with Gasteiger partial charge in [0.2, 0.25) is 5.91 Å². The van der Waals surface area contributed by atoms with Crippen LogP contribution in [0.4, 0.5) is 0 Å². The van der Waals surface area contributed by atoms with Gasteiger partial charge in [-0.25, -0.2) is 0 Å². The van der Waals surface area contributed by atoms with Gasteiger partial charge in [0, 0.05) is 32.1 Å². The average Bonchev–Trinajstić information content (AvgIpc) is 2.77. The lowest BCUT2D eigenvalue weighted by molar-refractivity contribution is -0.127. The molecule has 2 rings (SSSR count). The molecule has 1 heterocycles. The minimum Gasteiger partial charge on any atom is -0.504 e. The third kappa shape index (κ3) is 3.61. The Balaban J connectivity index is 1.81. The van der Waals surface area contributed by atoms with Crippen LogP contribution in [0.1, 0.15) is 25.3 Å². The first kappa shape index (κ1) is 13.7. The van der Waals surface area contributed by atoms with Crippen LogP contribution in [0.25, 0.3) is 0 Å². The first-order valence-electron chi connectivity index (χ1n) is 6.58. The smallest absolute Gasteiger partial charge is 0.222 e. The molecular weight excluding hydrogens is 244 g/mol. The number of hydrogen-bond acceptors (Lipinski definition) is 4. The van der Waals surface area contributed by atoms with E-state index in [2.05, 4.69) is 5.32 Å². The van der Waals surface area contributed by atoms with E-state index in [-0.39, 0.29) is 23.4 Å². The molecule has 1 aliphatic rings. The van der Waals surface area contributed by atoms with Crippen molar-refractivity contribution in [3.8, 4) is 11.5 Å². The summed E-state index contributed by atoms with van der Waals surface area (Å²) in [6, 6.07) is 4.96. The van der Waals surface area contributed by atoms with Crippen molar-refractivity contribution in [2.24, 2.45) is 0 Å². The van der Waals surface area contributed by atoms with Crippen molar-refractivity contribution in [3.63, 3.8) is 0 Å². The van der Waals surface area contributed by atoms with Gasteiger partial charge in [0.05, 0.1) is 0 Å². The van der Waals surface area contributed by atoms with Gasteiger partial charge in [-0.1, -0.05) is 6.07 Å². The lowest BCUT2D eigenvalue weighted by Crippen LogP contribution is -2.39. The van der Waals surface area contributed by atoms with Crippen molar-refractivity contribution < 1.29 is 15.0 Å². The number of hydrogen-bond donors (Lipinski definition) is 3. The maximum absolute atomic E-state index is 11.5. The molecule has 0 aliphatic carbocycles. The summed E-state index contributed by atoms with van der Waals surface area (Å²) in [6.07, 6.45) is 1.62. The zero-order valence-corrected chi connectivity index (χ0v) is 11.1. The van der Waals surface area contributed by atoms with Crippen LogP contribution in [0.3, 0.4) is 0 Å². The standard InChI is InChI=1S/C14H20N2O3/c1-10(9-16-6-2-3-14(16)19)15-8-11-4-5-12(17)13(18)7-11/h4-5,7,10,15,17-18H,2-3,6,8-9H2,1H3. The Labute approximate surface area is 112 Å². The van der Waals surface area contributed by atoms with Gasteiger partial charge in [0.1, 0.15) is 0 Å². The molecule has 0 spiro atoms. The molecule has 104 valence electrons. The SMILES string of the molecule is CC(CN1CCCC1=O)NCc1ccc(O)c(O)c1. The predicted octanol–water partition coefficient (Wildman–Crippen LogP) is 1.20. The number of carbonyl (C=O) groups is 1. The van der Waals surface area contributed by atoms with Crippen LogP contribution in [0.5, 0.6) is 11.5 Å². The van der Waals surface area contributed by atoms with Crippen LogP contribution < -0.4 is 5.32 Å². The summed E-state index contributed by atoms with van der Waals surface area (Å²) in [5.41, 5.74) is 0.898. The van der Waals surface area contributed by atoms with E-state index in [4.69, 9.17) is 0 Å². The van der Waals surface area contributed by atoms with Crippen LogP contribution in [-0.2, 0) is 11.3 Å². The number of carbonyl (C=O) groups excluding carboxylic acids is 1. The van der Waals surface area contributed by atoms with Gasteiger partial charge in [-0.05, 0) is 31.0 Å². The molecular formula is C14H20N2O3. The summed E-state index contributed by atoms with van der Waals surface area (Å²) in [6.45, 7) is 4.19. The molecule has 1 unspecified atom stereocenters. The number of nitrogens with one attached hydrogen (secondary N) is 1. The molecule has 1 fully saturated rings. The van der Waals surface area contributed by atoms with Gasteiger partial charge in [-0.2, -0.15) is 0 Å². The van der Waals surface area contributed by atoms with Crippen LogP contribution in [0.2, 0.25) is 0 Å². The fraction of sp³-hybridized carbons (Fsp3) is 0.500. The second-order valence-corrected chi connectivity index (χ2v) is 5.05. The second kappa shape index (κ2) is 5.93. The maximum Gasteiger partial charge on any atom is 0.222 e. The molecule has 1 amide bonds. The Kier molecular flexibility index (Phi) is 4.27. The minimum atomic E-state index is -0.112. The number of nitrogens with zero attached hydrogens (tertiary/aromatic N) is 1. The molecule has 3 N–H and O–H groups in total. The summed E-state index contributed by atoms with van der Waals surface area (Å²) >= 11 is 0. The van der Waals surface area contributed by atoms with Crippen molar-refractivity contribution in [2.75, 3.05) is 13.1 Å². The molecule has 5 heteroatoms. The molecule has 0 aromatic heterocycles. The Morgan fingerprint density at radius 3 is 2.79 bits per heavy atom. The van der Waals surface area contributed by atoms with Crippen LogP contribution in [0.15, 0.2) is 18.2 Å². The maximum atomic E-state index is 11.5. The Morgan fingerprint density at radius 2 is 2.16 bits per heavy atom. The van der Waals surface area contributed by atoms with Crippen LogP contribution in [-0.4, -0.2) is 40.2 Å². The summed E-state index contributed by atoms with van der Waals surface area (Å²) in [5, 5.41) is 21.9. The van der Waals surface area contributed by atoms with E-state index in [0.717, 1.165) is 18.5 Å². The zero-order valence-electron chi connectivity index (χ0n) is 11.1. The number of phenols is 2. The third-order valence-corrected chi connectivity index (χ3v) is 3.36. The van der Waals surface area contributed by atoms with Gasteiger partial charge >= 0.3 is 0 Å². The first-order valence-corrected chi connectivity index (χ1v) is 6.58. The molecule has 5 nitrogen and oxygen atoms in total. The highest BCUT2D eigenvalue weighted by atomic mass is 16.3. The van der Waals surface area contributed by atoms with Crippen molar-refractivity contribution in [3.05, 3.63) is 23.8 Å². The predicted molar refractivity (Wildman–Crippen MR) is 71.9 cm³/mol. The van der Waals surface area contributed by atoms with E-state index in [1.807, 2.05) is 11.8 Å². The highest BCUT2D eigenvalue weighted by molar-refractivity contribution is 5.78. The third-order valence-electron chi connectivity index (χ3n) is 3.36. The van der Waals surface area contributed by atoms with Gasteiger partial charge in [0.25, 0.3) is 0 Å². The summed E-state index contributed by atoms with van der Waals surface area (Å²) in [5.74, 6) is 0.0112. The molecule has 1 aromatic carbocycles. The van der Waals surface area contributed by atoms with Crippen molar-refractivity contribution >= 4 is 5.91 Å². The van der Waals surface area contributed by atoms with E-state index in [0.29, 0.717) is 19.5 Å². The number of phenolic OH excluding ortho intramolecular Hbond substituents is 2. The number of amides is 1. The van der Waals surface area contributed by atoms with Gasteiger partial charge in [-0.3, -0.25) is 4.79 Å². The van der Waals surface area contributed by atoms with Crippen LogP contribution in [0, 0.1) is 0 Å². The Bertz CT molecular complexity index is 462. The van der Waals surface area contributed by atoms with Gasteiger partial charge in [-0.15, -0.1) is 0 Å². The molecule has 0 radical (unpaired) electrons. The second-order valence-electron chi connectivity index (χ2n) is 5.05. The van der Waals surface area contributed by atoms with Gasteiger partial charge in [0.15, 0.2) is 11.5 Å². The Hall–Kier alpha value is -1.75. The van der Waals surface area contributed by atoms with Gasteiger partial charge < -0.3 is 20.4 Å². The molecule has 1 saturated heterocycles. The van der Waals surface area contributed by atoms with Crippen molar-refractivity contribution in [1.29, 1.82) is 0 Å². The molecule has 0 bridgehead atoms. The lowest BCUT2D eigenvalue weighted by atomic mass is 10.2. The summed E-state index contributed by atoms with van der Waals surface area (Å²) in [4.78, 5) is 13.4. The normalized spacial score (nSPS) is 16.9. The first-order chi connectivity index (χ1) is 9.06. The largest absolute Gasteiger partial charge is 0.504 e. The number of rotatable bonds is 5. The molecule has 1 atom stereocenters. The lowest BCUT2D eigenvalue weighted by Gasteiger charge is -2.21. The number of aromatic hydroxyl groups is 2. The highest BCUT2D eigenvalue weighted by Gasteiger charge is 2.21. The molecule has 0 saturated carbocycles. The van der Waals surface area contributed by atoms with Crippen molar-refractivity contribution in [2.45, 2.75) is 32.4 Å². The highest BCUT2D eigenvalue weighted by Crippen LogP contribution is 2.24. The fourth-order valence-corrected chi connectivity index (χ4v) is 2.26. The monoisotopic (exact) mass is 264 g/mol. The van der Waals surface area contributed by atoms with E-state index >= 15 is 0 Å². The minimum absolute atomic E-state index is 0.110.